The van der Waals surface area contributed by atoms with Crippen LogP contribution in [0.1, 0.15) is 23.5 Å². The Morgan fingerprint density at radius 2 is 2.06 bits per heavy atom. The summed E-state index contributed by atoms with van der Waals surface area (Å²) in [5, 5.41) is 9.02. The number of nitrogens with zero attached hydrogens (tertiary/aromatic N) is 4. The third-order valence-electron chi connectivity index (χ3n) is 3.30. The molecular formula is C11H14N4O2. The fourth-order valence-corrected chi connectivity index (χ4v) is 2.28. The average molecular weight is 234 g/mol. The van der Waals surface area contributed by atoms with Gasteiger partial charge in [0.25, 0.3) is 0 Å². The Bertz CT molecular complexity index is 485. The van der Waals surface area contributed by atoms with E-state index in [1.54, 1.807) is 0 Å². The molecule has 0 saturated carbocycles. The monoisotopic (exact) mass is 234 g/mol. The van der Waals surface area contributed by atoms with Gasteiger partial charge in [0.15, 0.2) is 0 Å². The molecule has 1 saturated heterocycles. The van der Waals surface area contributed by atoms with E-state index in [1.165, 1.54) is 11.3 Å². The molecule has 0 radical (unpaired) electrons. The van der Waals surface area contributed by atoms with Crippen LogP contribution in [0, 0.1) is 6.92 Å². The summed E-state index contributed by atoms with van der Waals surface area (Å²) in [6, 6.07) is 0. The van der Waals surface area contributed by atoms with Gasteiger partial charge in [-0.15, -0.1) is 0 Å². The van der Waals surface area contributed by atoms with Crippen LogP contribution in [0.2, 0.25) is 0 Å². The average Bonchev–Trinajstić information content (AvgIpc) is 2.58. The maximum absolute atomic E-state index is 11.0. The van der Waals surface area contributed by atoms with Crippen LogP contribution in [-0.4, -0.2) is 39.2 Å². The van der Waals surface area contributed by atoms with Crippen LogP contribution in [0.5, 0.6) is 0 Å². The molecule has 3 rings (SSSR count). The van der Waals surface area contributed by atoms with Crippen molar-refractivity contribution in [2.45, 2.75) is 26.4 Å². The molecule has 0 atom stereocenters. The third-order valence-corrected chi connectivity index (χ3v) is 3.30. The molecule has 0 spiro atoms. The first-order valence-corrected chi connectivity index (χ1v) is 5.74. The summed E-state index contributed by atoms with van der Waals surface area (Å²) in [6.45, 7) is 4.67. The van der Waals surface area contributed by atoms with Crippen LogP contribution in [0.4, 0.5) is 10.6 Å². The number of aromatic nitrogens is 2. The van der Waals surface area contributed by atoms with Gasteiger partial charge in [0.1, 0.15) is 11.6 Å². The van der Waals surface area contributed by atoms with Crippen molar-refractivity contribution in [2.24, 2.45) is 0 Å². The minimum absolute atomic E-state index is 0.384. The van der Waals surface area contributed by atoms with Crippen LogP contribution in [0.3, 0.4) is 0 Å². The van der Waals surface area contributed by atoms with Gasteiger partial charge in [0.05, 0.1) is 18.8 Å². The van der Waals surface area contributed by atoms with Crippen LogP contribution >= 0.6 is 0 Å². The summed E-state index contributed by atoms with van der Waals surface area (Å²) in [6.07, 6.45) is 0.288. The molecule has 1 aromatic heterocycles. The highest BCUT2D eigenvalue weighted by Gasteiger charge is 2.30. The molecule has 90 valence electrons. The number of amides is 1. The Labute approximate surface area is 98.9 Å². The zero-order chi connectivity index (χ0) is 12.0. The number of anilines is 1. The SMILES string of the molecule is Cc1nc2c(c(N3CCC3)n1)CN(C(=O)O)C2. The lowest BCUT2D eigenvalue weighted by Crippen LogP contribution is -2.38. The molecule has 1 aromatic rings. The molecular weight excluding hydrogens is 220 g/mol. The largest absolute Gasteiger partial charge is 0.465 e. The highest BCUT2D eigenvalue weighted by atomic mass is 16.4. The number of aryl methyl sites for hydroxylation is 1. The van der Waals surface area contributed by atoms with E-state index in [-0.39, 0.29) is 0 Å². The minimum atomic E-state index is -0.893. The standard InChI is InChI=1S/C11H14N4O2/c1-7-12-9-6-15(11(16)17)5-8(9)10(13-7)14-3-2-4-14/h2-6H2,1H3,(H,16,17). The first-order valence-electron chi connectivity index (χ1n) is 5.74. The van der Waals surface area contributed by atoms with E-state index in [0.29, 0.717) is 13.1 Å². The van der Waals surface area contributed by atoms with E-state index in [2.05, 4.69) is 14.9 Å². The van der Waals surface area contributed by atoms with Crippen molar-refractivity contribution >= 4 is 11.9 Å². The highest BCUT2D eigenvalue weighted by molar-refractivity contribution is 5.67. The quantitative estimate of drug-likeness (QED) is 0.784. The molecule has 0 unspecified atom stereocenters. The Morgan fingerprint density at radius 3 is 2.65 bits per heavy atom. The number of rotatable bonds is 1. The zero-order valence-corrected chi connectivity index (χ0v) is 9.68. The summed E-state index contributed by atoms with van der Waals surface area (Å²) in [4.78, 5) is 23.4. The molecule has 17 heavy (non-hydrogen) atoms. The maximum atomic E-state index is 11.0. The van der Waals surface area contributed by atoms with Crippen molar-refractivity contribution in [3.63, 3.8) is 0 Å². The van der Waals surface area contributed by atoms with Crippen molar-refractivity contribution in [1.82, 2.24) is 14.9 Å². The van der Waals surface area contributed by atoms with Crippen molar-refractivity contribution in [3.05, 3.63) is 17.1 Å². The second kappa shape index (κ2) is 3.58. The highest BCUT2D eigenvalue weighted by Crippen LogP contribution is 2.31. The van der Waals surface area contributed by atoms with Gasteiger partial charge in [-0.2, -0.15) is 0 Å². The van der Waals surface area contributed by atoms with Crippen molar-refractivity contribution in [1.29, 1.82) is 0 Å². The molecule has 1 amide bonds. The lowest BCUT2D eigenvalue weighted by molar-refractivity contribution is 0.145. The van der Waals surface area contributed by atoms with E-state index in [0.717, 1.165) is 36.0 Å². The van der Waals surface area contributed by atoms with Gasteiger partial charge in [-0.25, -0.2) is 14.8 Å². The molecule has 0 aromatic carbocycles. The van der Waals surface area contributed by atoms with Gasteiger partial charge in [0.2, 0.25) is 0 Å². The lowest BCUT2D eigenvalue weighted by atomic mass is 10.1. The molecule has 0 aliphatic carbocycles. The molecule has 2 aliphatic heterocycles. The second-order valence-electron chi connectivity index (χ2n) is 4.50. The topological polar surface area (TPSA) is 69.6 Å². The van der Waals surface area contributed by atoms with Gasteiger partial charge in [-0.3, -0.25) is 4.90 Å². The van der Waals surface area contributed by atoms with Gasteiger partial charge in [0, 0.05) is 18.7 Å². The van der Waals surface area contributed by atoms with Crippen molar-refractivity contribution in [2.75, 3.05) is 18.0 Å². The predicted octanol–water partition coefficient (Wildman–Crippen LogP) is 0.989. The molecule has 3 heterocycles. The Kier molecular flexibility index (Phi) is 2.17. The summed E-state index contributed by atoms with van der Waals surface area (Å²) < 4.78 is 0. The lowest BCUT2D eigenvalue weighted by Gasteiger charge is -2.33. The number of fused-ring (bicyclic) bond motifs is 1. The van der Waals surface area contributed by atoms with E-state index in [4.69, 9.17) is 5.11 Å². The van der Waals surface area contributed by atoms with E-state index >= 15 is 0 Å². The first-order chi connectivity index (χ1) is 8.15. The third kappa shape index (κ3) is 1.60. The minimum Gasteiger partial charge on any atom is -0.465 e. The zero-order valence-electron chi connectivity index (χ0n) is 9.68. The smallest absolute Gasteiger partial charge is 0.407 e. The Balaban J connectivity index is 1.99. The number of carboxylic acid groups (broad SMARTS) is 1. The molecule has 6 heteroatoms. The van der Waals surface area contributed by atoms with Gasteiger partial charge in [-0.05, 0) is 13.3 Å². The first kappa shape index (κ1) is 10.3. The number of hydrogen-bond acceptors (Lipinski definition) is 4. The molecule has 1 N–H and O–H groups in total. The van der Waals surface area contributed by atoms with Crippen LogP contribution < -0.4 is 4.90 Å². The van der Waals surface area contributed by atoms with E-state index < -0.39 is 6.09 Å². The van der Waals surface area contributed by atoms with E-state index in [1.807, 2.05) is 6.92 Å². The Morgan fingerprint density at radius 1 is 1.29 bits per heavy atom. The predicted molar refractivity (Wildman–Crippen MR) is 60.9 cm³/mol. The molecule has 6 nitrogen and oxygen atoms in total. The van der Waals surface area contributed by atoms with Gasteiger partial charge < -0.3 is 10.0 Å². The van der Waals surface area contributed by atoms with Gasteiger partial charge in [-0.1, -0.05) is 0 Å². The fraction of sp³-hybridized carbons (Fsp3) is 0.545. The fourth-order valence-electron chi connectivity index (χ4n) is 2.28. The number of hydrogen-bond donors (Lipinski definition) is 1. The molecule has 1 fully saturated rings. The second-order valence-corrected chi connectivity index (χ2v) is 4.50. The molecule has 0 bridgehead atoms. The van der Waals surface area contributed by atoms with Crippen LogP contribution in [0.15, 0.2) is 0 Å². The van der Waals surface area contributed by atoms with E-state index in [9.17, 15) is 4.79 Å². The summed E-state index contributed by atoms with van der Waals surface area (Å²) in [5.74, 6) is 1.65. The molecule has 2 aliphatic rings. The Hall–Kier alpha value is -1.85. The maximum Gasteiger partial charge on any atom is 0.407 e. The van der Waals surface area contributed by atoms with Crippen LogP contribution in [0.25, 0.3) is 0 Å². The van der Waals surface area contributed by atoms with Crippen molar-refractivity contribution < 1.29 is 9.90 Å². The number of carbonyl (C=O) groups is 1. The summed E-state index contributed by atoms with van der Waals surface area (Å²) in [7, 11) is 0. The van der Waals surface area contributed by atoms with Crippen LogP contribution in [-0.2, 0) is 13.1 Å². The summed E-state index contributed by atoms with van der Waals surface area (Å²) in [5.41, 5.74) is 1.85. The normalized spacial score (nSPS) is 17.9. The van der Waals surface area contributed by atoms with Crippen molar-refractivity contribution in [3.8, 4) is 0 Å². The van der Waals surface area contributed by atoms with Gasteiger partial charge >= 0.3 is 6.09 Å². The summed E-state index contributed by atoms with van der Waals surface area (Å²) >= 11 is 0.